The second kappa shape index (κ2) is 11.9. The number of amides is 1. The molecule has 0 aliphatic rings. The monoisotopic (exact) mass is 513 g/mol. The van der Waals surface area contributed by atoms with Gasteiger partial charge in [-0.05, 0) is 61.0 Å². The number of hydrogen-bond acceptors (Lipinski definition) is 7. The number of halogens is 1. The molecule has 0 saturated carbocycles. The minimum absolute atomic E-state index is 0.0813. The van der Waals surface area contributed by atoms with E-state index in [1.807, 2.05) is 0 Å². The van der Waals surface area contributed by atoms with Crippen LogP contribution in [0.3, 0.4) is 0 Å². The molecule has 3 aromatic carbocycles. The summed E-state index contributed by atoms with van der Waals surface area (Å²) in [4.78, 5) is 23.6. The number of nitrogens with one attached hydrogen (secondary N) is 1. The van der Waals surface area contributed by atoms with Crippen LogP contribution in [0.1, 0.15) is 11.1 Å². The zero-order valence-corrected chi connectivity index (χ0v) is 20.4. The number of carbonyl (C=O) groups is 2. The molecule has 188 valence electrons. The van der Waals surface area contributed by atoms with Crippen LogP contribution in [0.5, 0.6) is 5.75 Å². The number of benzene rings is 3. The van der Waals surface area contributed by atoms with Gasteiger partial charge in [0, 0.05) is 0 Å². The fraction of sp³-hybridized carbons (Fsp3) is 0.160. The number of ether oxygens (including phenoxy) is 2. The average molecular weight is 514 g/mol. The van der Waals surface area contributed by atoms with Crippen molar-refractivity contribution in [3.05, 3.63) is 89.7 Å². The molecule has 0 aliphatic carbocycles. The predicted octanol–water partition coefficient (Wildman–Crippen LogP) is 3.03. The number of carbonyl (C=O) groups excluding carboxylic acids is 2. The molecule has 0 saturated heterocycles. The first kappa shape index (κ1) is 26.4. The molecule has 0 atom stereocenters. The SMILES string of the molecule is COC(=O)COc1ccc(/C=N\NC(=O)CN(c2ccccc2F)S(=O)(=O)c2ccc(C)cc2)cc1. The van der Waals surface area contributed by atoms with Crippen LogP contribution in [-0.2, 0) is 24.3 Å². The lowest BCUT2D eigenvalue weighted by atomic mass is 10.2. The first-order chi connectivity index (χ1) is 17.2. The number of rotatable bonds is 10. The van der Waals surface area contributed by atoms with Crippen LogP contribution in [0.4, 0.5) is 10.1 Å². The van der Waals surface area contributed by atoms with Gasteiger partial charge in [0.15, 0.2) is 6.61 Å². The van der Waals surface area contributed by atoms with E-state index in [-0.39, 0.29) is 17.2 Å². The Labute approximate surface area is 208 Å². The number of nitrogens with zero attached hydrogens (tertiary/aromatic N) is 2. The van der Waals surface area contributed by atoms with Crippen LogP contribution < -0.4 is 14.5 Å². The Kier molecular flexibility index (Phi) is 8.74. The molecule has 0 heterocycles. The van der Waals surface area contributed by atoms with Gasteiger partial charge in [-0.15, -0.1) is 0 Å². The molecule has 11 heteroatoms. The number of anilines is 1. The summed E-state index contributed by atoms with van der Waals surface area (Å²) in [6.45, 7) is 0.873. The Morgan fingerprint density at radius 2 is 1.69 bits per heavy atom. The first-order valence-electron chi connectivity index (χ1n) is 10.7. The van der Waals surface area contributed by atoms with E-state index in [4.69, 9.17) is 4.74 Å². The smallest absolute Gasteiger partial charge is 0.343 e. The average Bonchev–Trinajstić information content (AvgIpc) is 2.87. The van der Waals surface area contributed by atoms with Gasteiger partial charge in [-0.3, -0.25) is 9.10 Å². The normalized spacial score (nSPS) is 11.2. The molecule has 0 aliphatic heterocycles. The molecule has 0 unspecified atom stereocenters. The van der Waals surface area contributed by atoms with E-state index >= 15 is 0 Å². The van der Waals surface area contributed by atoms with E-state index in [0.29, 0.717) is 15.6 Å². The predicted molar refractivity (Wildman–Crippen MR) is 132 cm³/mol. The highest BCUT2D eigenvalue weighted by Crippen LogP contribution is 2.26. The number of para-hydroxylation sites is 1. The molecule has 0 bridgehead atoms. The summed E-state index contributed by atoms with van der Waals surface area (Å²) in [7, 11) is -2.99. The van der Waals surface area contributed by atoms with Gasteiger partial charge in [0.1, 0.15) is 18.1 Å². The fourth-order valence-corrected chi connectivity index (χ4v) is 4.42. The van der Waals surface area contributed by atoms with Crippen molar-refractivity contribution in [2.24, 2.45) is 5.10 Å². The number of hydrogen-bond donors (Lipinski definition) is 1. The van der Waals surface area contributed by atoms with E-state index in [9.17, 15) is 22.4 Å². The van der Waals surface area contributed by atoms with Crippen LogP contribution in [0.2, 0.25) is 0 Å². The minimum Gasteiger partial charge on any atom is -0.482 e. The largest absolute Gasteiger partial charge is 0.482 e. The van der Waals surface area contributed by atoms with E-state index in [1.54, 1.807) is 43.3 Å². The van der Waals surface area contributed by atoms with E-state index in [2.05, 4.69) is 15.3 Å². The summed E-state index contributed by atoms with van der Waals surface area (Å²) in [6.07, 6.45) is 1.34. The second-order valence-electron chi connectivity index (χ2n) is 7.50. The van der Waals surface area contributed by atoms with Crippen LogP contribution in [0.15, 0.2) is 82.8 Å². The van der Waals surface area contributed by atoms with Crippen molar-refractivity contribution in [1.82, 2.24) is 5.43 Å². The molecule has 1 N–H and O–H groups in total. The summed E-state index contributed by atoms with van der Waals surface area (Å²) < 4.78 is 51.5. The van der Waals surface area contributed by atoms with Crippen LogP contribution in [0, 0.1) is 12.7 Å². The molecule has 0 radical (unpaired) electrons. The van der Waals surface area contributed by atoms with Crippen LogP contribution in [0.25, 0.3) is 0 Å². The summed E-state index contributed by atoms with van der Waals surface area (Å²) in [5, 5.41) is 3.84. The third-order valence-electron chi connectivity index (χ3n) is 4.88. The Morgan fingerprint density at radius 1 is 1.03 bits per heavy atom. The van der Waals surface area contributed by atoms with E-state index in [1.165, 1.54) is 43.7 Å². The topological polar surface area (TPSA) is 114 Å². The fourth-order valence-electron chi connectivity index (χ4n) is 2.99. The van der Waals surface area contributed by atoms with Crippen molar-refractivity contribution in [3.63, 3.8) is 0 Å². The standard InChI is InChI=1S/C25H24FN3O6S/c1-18-7-13-21(14-8-18)36(32,33)29(23-6-4-3-5-22(23)26)16-24(30)28-27-15-19-9-11-20(12-10-19)35-17-25(31)34-2/h3-15H,16-17H2,1-2H3,(H,28,30)/b27-15-. The van der Waals surface area contributed by atoms with Crippen LogP contribution >= 0.6 is 0 Å². The molecule has 3 aromatic rings. The Balaban J connectivity index is 1.72. The van der Waals surface area contributed by atoms with Crippen molar-refractivity contribution >= 4 is 33.8 Å². The lowest BCUT2D eigenvalue weighted by Crippen LogP contribution is -2.40. The van der Waals surface area contributed by atoms with E-state index < -0.39 is 34.3 Å². The van der Waals surface area contributed by atoms with Crippen molar-refractivity contribution in [2.75, 3.05) is 24.6 Å². The molecular weight excluding hydrogens is 489 g/mol. The zero-order valence-electron chi connectivity index (χ0n) is 19.5. The quantitative estimate of drug-likeness (QED) is 0.253. The summed E-state index contributed by atoms with van der Waals surface area (Å²) in [5.74, 6) is -1.65. The van der Waals surface area contributed by atoms with Gasteiger partial charge >= 0.3 is 5.97 Å². The van der Waals surface area contributed by atoms with Crippen molar-refractivity contribution in [1.29, 1.82) is 0 Å². The molecule has 9 nitrogen and oxygen atoms in total. The number of methoxy groups -OCH3 is 1. The molecule has 0 fully saturated rings. The van der Waals surface area contributed by atoms with Crippen LogP contribution in [-0.4, -0.2) is 46.8 Å². The summed E-state index contributed by atoms with van der Waals surface area (Å²) in [6, 6.07) is 17.8. The van der Waals surface area contributed by atoms with Crippen molar-refractivity contribution < 1.29 is 31.9 Å². The number of hydrazone groups is 1. The number of esters is 1. The van der Waals surface area contributed by atoms with Gasteiger partial charge in [-0.1, -0.05) is 29.8 Å². The summed E-state index contributed by atoms with van der Waals surface area (Å²) >= 11 is 0. The van der Waals surface area contributed by atoms with Gasteiger partial charge in [-0.2, -0.15) is 5.10 Å². The third kappa shape index (κ3) is 6.89. The summed E-state index contributed by atoms with van der Waals surface area (Å²) in [5.41, 5.74) is 3.44. The first-order valence-corrected chi connectivity index (χ1v) is 12.1. The van der Waals surface area contributed by atoms with E-state index in [0.717, 1.165) is 11.6 Å². The van der Waals surface area contributed by atoms with Crippen molar-refractivity contribution in [2.45, 2.75) is 11.8 Å². The highest BCUT2D eigenvalue weighted by atomic mass is 32.2. The minimum atomic E-state index is -4.25. The Bertz CT molecular complexity index is 1340. The number of sulfonamides is 1. The zero-order chi connectivity index (χ0) is 26.1. The molecule has 0 spiro atoms. The van der Waals surface area contributed by atoms with Gasteiger partial charge in [0.05, 0.1) is 23.9 Å². The third-order valence-corrected chi connectivity index (χ3v) is 6.66. The molecule has 1 amide bonds. The molecule has 36 heavy (non-hydrogen) atoms. The lowest BCUT2D eigenvalue weighted by Gasteiger charge is -2.24. The maximum absolute atomic E-state index is 14.5. The lowest BCUT2D eigenvalue weighted by molar-refractivity contribution is -0.142. The maximum Gasteiger partial charge on any atom is 0.343 e. The maximum atomic E-state index is 14.5. The van der Waals surface area contributed by atoms with Gasteiger partial charge in [0.25, 0.3) is 15.9 Å². The van der Waals surface area contributed by atoms with Crippen molar-refractivity contribution in [3.8, 4) is 5.75 Å². The molecule has 0 aromatic heterocycles. The highest BCUT2D eigenvalue weighted by Gasteiger charge is 2.29. The molecular formula is C25H24FN3O6S. The van der Waals surface area contributed by atoms with Gasteiger partial charge in [0.2, 0.25) is 0 Å². The van der Waals surface area contributed by atoms with Gasteiger partial charge in [-0.25, -0.2) is 23.0 Å². The molecule has 3 rings (SSSR count). The Hall–Kier alpha value is -4.25. The Morgan fingerprint density at radius 3 is 2.33 bits per heavy atom. The highest BCUT2D eigenvalue weighted by molar-refractivity contribution is 7.92. The van der Waals surface area contributed by atoms with Gasteiger partial charge < -0.3 is 9.47 Å². The number of aryl methyl sites for hydroxylation is 1. The second-order valence-corrected chi connectivity index (χ2v) is 9.37.